The second-order valence-electron chi connectivity index (χ2n) is 6.18. The van der Waals surface area contributed by atoms with Crippen LogP contribution in [0.2, 0.25) is 0 Å². The highest BCUT2D eigenvalue weighted by Crippen LogP contribution is 2.06. The van der Waals surface area contributed by atoms with Gasteiger partial charge in [0, 0.05) is 0 Å². The van der Waals surface area contributed by atoms with Gasteiger partial charge in [-0.2, -0.15) is 0 Å². The molecule has 0 aliphatic heterocycles. The molecular weight excluding hydrogens is 348 g/mol. The number of carbonyl (C=O) groups is 5. The van der Waals surface area contributed by atoms with Crippen LogP contribution in [0.1, 0.15) is 33.6 Å². The van der Waals surface area contributed by atoms with Crippen LogP contribution in [-0.2, 0) is 24.0 Å². The quantitative estimate of drug-likeness (QED) is 0.240. The van der Waals surface area contributed by atoms with Crippen molar-refractivity contribution in [3.8, 4) is 0 Å². The van der Waals surface area contributed by atoms with Gasteiger partial charge in [-0.3, -0.25) is 19.2 Å². The molecule has 148 valence electrons. The van der Waals surface area contributed by atoms with Crippen LogP contribution in [0.5, 0.6) is 0 Å². The van der Waals surface area contributed by atoms with Crippen molar-refractivity contribution in [3.05, 3.63) is 0 Å². The smallest absolute Gasteiger partial charge is 0.326 e. The topological polar surface area (TPSA) is 188 Å². The molecule has 3 atom stereocenters. The average Bonchev–Trinajstić information content (AvgIpc) is 2.52. The summed E-state index contributed by atoms with van der Waals surface area (Å²) in [4.78, 5) is 57.5. The Hall–Kier alpha value is -2.69. The molecule has 7 N–H and O–H groups in total. The van der Waals surface area contributed by atoms with E-state index in [9.17, 15) is 24.0 Å². The lowest BCUT2D eigenvalue weighted by atomic mass is 10.0. The Morgan fingerprint density at radius 1 is 0.885 bits per heavy atom. The van der Waals surface area contributed by atoms with Crippen LogP contribution in [0.15, 0.2) is 0 Å². The SMILES string of the molecule is CC(C)CC(NC(=O)C(C)NC(=O)CN)C(=O)NC(CC(=O)O)C(=O)O. The zero-order valence-corrected chi connectivity index (χ0v) is 14.9. The first-order valence-corrected chi connectivity index (χ1v) is 8.02. The second kappa shape index (κ2) is 11.0. The minimum atomic E-state index is -1.62. The molecule has 0 rings (SSSR count). The number of rotatable bonds is 11. The van der Waals surface area contributed by atoms with Crippen LogP contribution in [0.25, 0.3) is 0 Å². The van der Waals surface area contributed by atoms with Gasteiger partial charge in [-0.1, -0.05) is 13.8 Å². The number of carboxylic acid groups (broad SMARTS) is 2. The van der Waals surface area contributed by atoms with E-state index < -0.39 is 54.2 Å². The molecule has 0 aromatic heterocycles. The van der Waals surface area contributed by atoms with E-state index in [-0.39, 0.29) is 18.9 Å². The fraction of sp³-hybridized carbons (Fsp3) is 0.667. The second-order valence-corrected chi connectivity index (χ2v) is 6.18. The van der Waals surface area contributed by atoms with Crippen LogP contribution < -0.4 is 21.7 Å². The summed E-state index contributed by atoms with van der Waals surface area (Å²) in [7, 11) is 0. The fourth-order valence-corrected chi connectivity index (χ4v) is 2.01. The zero-order chi connectivity index (χ0) is 20.4. The van der Waals surface area contributed by atoms with Gasteiger partial charge < -0.3 is 31.9 Å². The molecule has 0 spiro atoms. The molecule has 0 heterocycles. The minimum Gasteiger partial charge on any atom is -0.481 e. The first-order chi connectivity index (χ1) is 12.0. The third-order valence-corrected chi connectivity index (χ3v) is 3.29. The number of hydrogen-bond acceptors (Lipinski definition) is 6. The van der Waals surface area contributed by atoms with Gasteiger partial charge in [0.2, 0.25) is 17.7 Å². The van der Waals surface area contributed by atoms with E-state index in [0.29, 0.717) is 0 Å². The lowest BCUT2D eigenvalue weighted by Gasteiger charge is -2.24. The number of amides is 3. The molecular formula is C15H26N4O7. The van der Waals surface area contributed by atoms with E-state index in [1.807, 2.05) is 0 Å². The Kier molecular flexibility index (Phi) is 9.89. The molecule has 3 unspecified atom stereocenters. The summed E-state index contributed by atoms with van der Waals surface area (Å²) in [6.45, 7) is 4.68. The van der Waals surface area contributed by atoms with Crippen molar-refractivity contribution >= 4 is 29.7 Å². The number of carbonyl (C=O) groups excluding carboxylic acids is 3. The Bertz CT molecular complexity index is 550. The molecule has 11 nitrogen and oxygen atoms in total. The van der Waals surface area contributed by atoms with Gasteiger partial charge in [0.25, 0.3) is 0 Å². The molecule has 0 radical (unpaired) electrons. The van der Waals surface area contributed by atoms with Gasteiger partial charge in [0.1, 0.15) is 18.1 Å². The lowest BCUT2D eigenvalue weighted by Crippen LogP contribution is -2.56. The standard InChI is InChI=1S/C15H26N4O7/c1-7(2)4-9(18-13(23)8(3)17-11(20)6-16)14(24)19-10(15(25)26)5-12(21)22/h7-10H,4-6,16H2,1-3H3,(H,17,20)(H,18,23)(H,19,24)(H,21,22)(H,25,26). The van der Waals surface area contributed by atoms with Crippen LogP contribution in [0.3, 0.4) is 0 Å². The van der Waals surface area contributed by atoms with Crippen LogP contribution >= 0.6 is 0 Å². The molecule has 11 heteroatoms. The van der Waals surface area contributed by atoms with Crippen molar-refractivity contribution in [2.45, 2.75) is 51.7 Å². The van der Waals surface area contributed by atoms with Crippen molar-refractivity contribution in [2.75, 3.05) is 6.54 Å². The summed E-state index contributed by atoms with van der Waals surface area (Å²) < 4.78 is 0. The Morgan fingerprint density at radius 2 is 1.42 bits per heavy atom. The van der Waals surface area contributed by atoms with Crippen LogP contribution in [0, 0.1) is 5.92 Å². The number of nitrogens with two attached hydrogens (primary N) is 1. The molecule has 0 aliphatic carbocycles. The third kappa shape index (κ3) is 8.97. The molecule has 0 bridgehead atoms. The van der Waals surface area contributed by atoms with Crippen molar-refractivity contribution < 1.29 is 34.2 Å². The van der Waals surface area contributed by atoms with Gasteiger partial charge in [0.15, 0.2) is 0 Å². The molecule has 0 fully saturated rings. The molecule has 0 aromatic carbocycles. The summed E-state index contributed by atoms with van der Waals surface area (Å²) in [6, 6.07) is -3.67. The van der Waals surface area contributed by atoms with Gasteiger partial charge in [-0.05, 0) is 19.3 Å². The molecule has 3 amide bonds. The summed E-state index contributed by atoms with van der Waals surface area (Å²) in [5, 5.41) is 24.6. The predicted molar refractivity (Wildman–Crippen MR) is 89.9 cm³/mol. The largest absolute Gasteiger partial charge is 0.481 e. The summed E-state index contributed by atoms with van der Waals surface area (Å²) in [6.07, 6.45) is -0.610. The van der Waals surface area contributed by atoms with Crippen molar-refractivity contribution in [2.24, 2.45) is 11.7 Å². The van der Waals surface area contributed by atoms with Crippen molar-refractivity contribution in [1.82, 2.24) is 16.0 Å². The van der Waals surface area contributed by atoms with Crippen LogP contribution in [-0.4, -0.2) is 64.5 Å². The maximum Gasteiger partial charge on any atom is 0.326 e. The van der Waals surface area contributed by atoms with Crippen LogP contribution in [0.4, 0.5) is 0 Å². The predicted octanol–water partition coefficient (Wildman–Crippen LogP) is -1.98. The van der Waals surface area contributed by atoms with Gasteiger partial charge in [0.05, 0.1) is 13.0 Å². The normalized spacial score (nSPS) is 14.0. The molecule has 0 aliphatic rings. The lowest BCUT2D eigenvalue weighted by molar-refractivity contribution is -0.147. The number of carboxylic acids is 2. The fourth-order valence-electron chi connectivity index (χ4n) is 2.01. The summed E-state index contributed by atoms with van der Waals surface area (Å²) in [5.74, 6) is -4.94. The van der Waals surface area contributed by atoms with Gasteiger partial charge >= 0.3 is 11.9 Å². The Labute approximate surface area is 150 Å². The van der Waals surface area contributed by atoms with Gasteiger partial charge in [-0.25, -0.2) is 4.79 Å². The minimum absolute atomic E-state index is 0.0252. The molecule has 0 saturated heterocycles. The van der Waals surface area contributed by atoms with E-state index in [1.54, 1.807) is 13.8 Å². The first-order valence-electron chi connectivity index (χ1n) is 8.02. The van der Waals surface area contributed by atoms with Gasteiger partial charge in [-0.15, -0.1) is 0 Å². The van der Waals surface area contributed by atoms with E-state index in [2.05, 4.69) is 16.0 Å². The van der Waals surface area contributed by atoms with E-state index in [0.717, 1.165) is 0 Å². The monoisotopic (exact) mass is 374 g/mol. The Balaban J connectivity index is 5.08. The third-order valence-electron chi connectivity index (χ3n) is 3.29. The highest BCUT2D eigenvalue weighted by atomic mass is 16.4. The maximum absolute atomic E-state index is 12.3. The molecule has 0 aromatic rings. The number of hydrogen-bond donors (Lipinski definition) is 6. The Morgan fingerprint density at radius 3 is 1.85 bits per heavy atom. The number of aliphatic carboxylic acids is 2. The summed E-state index contributed by atoms with van der Waals surface area (Å²) in [5.41, 5.74) is 5.15. The van der Waals surface area contributed by atoms with E-state index in [4.69, 9.17) is 15.9 Å². The maximum atomic E-state index is 12.3. The number of nitrogens with one attached hydrogen (secondary N) is 3. The summed E-state index contributed by atoms with van der Waals surface area (Å²) >= 11 is 0. The van der Waals surface area contributed by atoms with E-state index >= 15 is 0 Å². The van der Waals surface area contributed by atoms with Crippen molar-refractivity contribution in [3.63, 3.8) is 0 Å². The average molecular weight is 374 g/mol. The van der Waals surface area contributed by atoms with E-state index in [1.165, 1.54) is 6.92 Å². The highest BCUT2D eigenvalue weighted by Gasteiger charge is 2.29. The molecule has 26 heavy (non-hydrogen) atoms. The first kappa shape index (κ1) is 23.3. The molecule has 0 saturated carbocycles. The van der Waals surface area contributed by atoms with Crippen molar-refractivity contribution in [1.29, 1.82) is 0 Å². The highest BCUT2D eigenvalue weighted by molar-refractivity contribution is 5.94. The zero-order valence-electron chi connectivity index (χ0n) is 14.9.